The van der Waals surface area contributed by atoms with E-state index in [4.69, 9.17) is 9.72 Å². The zero-order valence-corrected chi connectivity index (χ0v) is 20.9. The minimum absolute atomic E-state index is 0.286. The van der Waals surface area contributed by atoms with Crippen molar-refractivity contribution in [1.29, 1.82) is 0 Å². The van der Waals surface area contributed by atoms with Crippen LogP contribution in [-0.2, 0) is 11.2 Å². The van der Waals surface area contributed by atoms with Crippen molar-refractivity contribution in [2.75, 3.05) is 29.1 Å². The van der Waals surface area contributed by atoms with Gasteiger partial charge < -0.3 is 15.4 Å². The van der Waals surface area contributed by atoms with E-state index in [1.807, 2.05) is 30.3 Å². The number of benzene rings is 2. The number of para-hydroxylation sites is 1. The molecule has 0 saturated carbocycles. The minimum atomic E-state index is -0.678. The molecule has 0 radical (unpaired) electrons. The molecule has 2 aromatic carbocycles. The van der Waals surface area contributed by atoms with Gasteiger partial charge in [0.2, 0.25) is 5.95 Å². The van der Waals surface area contributed by atoms with Crippen LogP contribution in [0.5, 0.6) is 0 Å². The summed E-state index contributed by atoms with van der Waals surface area (Å²) >= 11 is 0. The Morgan fingerprint density at radius 2 is 1.92 bits per heavy atom. The number of ether oxygens (including phenoxy) is 1. The Kier molecular flexibility index (Phi) is 5.74. The number of aromatic nitrogens is 4. The average molecular weight is 490 g/mol. The highest BCUT2D eigenvalue weighted by Gasteiger charge is 2.34. The van der Waals surface area contributed by atoms with Crippen molar-refractivity contribution in [1.82, 2.24) is 19.7 Å². The summed E-state index contributed by atoms with van der Waals surface area (Å²) in [5.74, 6) is 0.550. The number of nitrogens with one attached hydrogen (secondary N) is 2. The molecule has 3 heterocycles. The number of fused-ring (bicyclic) bond motifs is 2. The van der Waals surface area contributed by atoms with Crippen LogP contribution in [0.3, 0.4) is 0 Å². The van der Waals surface area contributed by atoms with Crippen LogP contribution in [0, 0.1) is 12.7 Å². The molecule has 2 N–H and O–H groups in total. The maximum absolute atomic E-state index is 15.1. The van der Waals surface area contributed by atoms with Gasteiger partial charge in [0.25, 0.3) is 0 Å². The van der Waals surface area contributed by atoms with E-state index in [9.17, 15) is 4.79 Å². The van der Waals surface area contributed by atoms with Gasteiger partial charge in [-0.1, -0.05) is 18.2 Å². The van der Waals surface area contributed by atoms with Crippen LogP contribution in [0.15, 0.2) is 42.6 Å². The second-order valence-electron chi connectivity index (χ2n) is 9.66. The topological polar surface area (TPSA) is 97.2 Å². The molecule has 4 aromatic rings. The molecule has 36 heavy (non-hydrogen) atoms. The maximum Gasteiger partial charge on any atom is 0.414 e. The number of carbonyl (C=O) groups is 1. The number of amides is 1. The Morgan fingerprint density at radius 3 is 2.61 bits per heavy atom. The highest BCUT2D eigenvalue weighted by Crippen LogP contribution is 2.41. The van der Waals surface area contributed by atoms with Crippen LogP contribution in [0.4, 0.5) is 32.3 Å². The van der Waals surface area contributed by atoms with E-state index in [-0.39, 0.29) is 11.8 Å². The first-order valence-electron chi connectivity index (χ1n) is 11.7. The lowest BCUT2D eigenvalue weighted by molar-refractivity contribution is 0.0584. The Bertz CT molecular complexity index is 1460. The molecule has 0 unspecified atom stereocenters. The van der Waals surface area contributed by atoms with Crippen LogP contribution in [0.25, 0.3) is 16.7 Å². The minimum Gasteiger partial charge on any atom is -0.443 e. The smallest absolute Gasteiger partial charge is 0.414 e. The summed E-state index contributed by atoms with van der Waals surface area (Å²) in [5, 5.41) is 11.6. The fourth-order valence-corrected chi connectivity index (χ4v) is 4.35. The molecule has 0 bridgehead atoms. The highest BCUT2D eigenvalue weighted by molar-refractivity contribution is 5.97. The zero-order chi connectivity index (χ0) is 25.6. The van der Waals surface area contributed by atoms with Crippen molar-refractivity contribution in [3.05, 3.63) is 59.5 Å². The van der Waals surface area contributed by atoms with Crippen molar-refractivity contribution in [2.24, 2.45) is 0 Å². The number of rotatable bonds is 4. The lowest BCUT2D eigenvalue weighted by Crippen LogP contribution is -2.36. The molecule has 186 valence electrons. The van der Waals surface area contributed by atoms with Gasteiger partial charge in [-0.2, -0.15) is 15.1 Å². The molecule has 1 aliphatic heterocycles. The maximum atomic E-state index is 15.1. The summed E-state index contributed by atoms with van der Waals surface area (Å²) in [5.41, 5.74) is 2.68. The van der Waals surface area contributed by atoms with E-state index < -0.39 is 11.7 Å². The summed E-state index contributed by atoms with van der Waals surface area (Å²) < 4.78 is 22.4. The molecule has 10 heteroatoms. The lowest BCUT2D eigenvalue weighted by atomic mass is 10.1. The van der Waals surface area contributed by atoms with Crippen LogP contribution >= 0.6 is 0 Å². The van der Waals surface area contributed by atoms with Gasteiger partial charge in [0, 0.05) is 19.2 Å². The summed E-state index contributed by atoms with van der Waals surface area (Å²) in [6.07, 6.45) is 1.57. The number of anilines is 4. The number of carbonyl (C=O) groups excluding carboxylic acids is 1. The van der Waals surface area contributed by atoms with Gasteiger partial charge in [0.1, 0.15) is 17.2 Å². The second kappa shape index (κ2) is 8.78. The predicted molar refractivity (Wildman–Crippen MR) is 138 cm³/mol. The van der Waals surface area contributed by atoms with Gasteiger partial charge in [-0.3, -0.25) is 4.90 Å². The average Bonchev–Trinajstić information content (AvgIpc) is 3.47. The number of halogens is 1. The fraction of sp³-hybridized carbons (Fsp3) is 0.308. The number of hydrogen-bond donors (Lipinski definition) is 2. The molecular weight excluding hydrogens is 461 g/mol. The Labute approximate surface area is 208 Å². The first-order chi connectivity index (χ1) is 17.2. The highest BCUT2D eigenvalue weighted by atomic mass is 19.1. The fourth-order valence-electron chi connectivity index (χ4n) is 4.35. The second-order valence-corrected chi connectivity index (χ2v) is 9.66. The van der Waals surface area contributed by atoms with Crippen LogP contribution in [-0.4, -0.2) is 45.0 Å². The van der Waals surface area contributed by atoms with Crippen molar-refractivity contribution < 1.29 is 13.9 Å². The number of hydrogen-bond acceptors (Lipinski definition) is 7. The zero-order valence-electron chi connectivity index (χ0n) is 20.9. The third kappa shape index (κ3) is 4.19. The van der Waals surface area contributed by atoms with Crippen molar-refractivity contribution in [3.63, 3.8) is 0 Å². The van der Waals surface area contributed by atoms with E-state index in [0.717, 1.165) is 11.1 Å². The van der Waals surface area contributed by atoms with E-state index in [1.165, 1.54) is 4.90 Å². The van der Waals surface area contributed by atoms with Gasteiger partial charge >= 0.3 is 6.09 Å². The largest absolute Gasteiger partial charge is 0.443 e. The lowest BCUT2D eigenvalue weighted by Gasteiger charge is -2.26. The first kappa shape index (κ1) is 23.5. The Morgan fingerprint density at radius 1 is 1.17 bits per heavy atom. The standard InChI is InChI=1S/C26H28FN7O2/c1-15-13-19(21-17(20(15)27)11-12-33(21)25(35)36-26(2,3)4)30-24-31-22(28-5)18-14-29-34(23(18)32-24)16-9-7-6-8-10-16/h6-10,13-14H,11-12H2,1-5H3,(H2,28,30,31,32). The summed E-state index contributed by atoms with van der Waals surface area (Å²) in [4.78, 5) is 23.8. The van der Waals surface area contributed by atoms with Crippen molar-refractivity contribution in [3.8, 4) is 5.69 Å². The molecule has 9 nitrogen and oxygen atoms in total. The molecule has 1 amide bonds. The molecule has 0 atom stereocenters. The molecule has 0 aliphatic carbocycles. The number of aryl methyl sites for hydroxylation is 1. The van der Waals surface area contributed by atoms with Crippen LogP contribution in [0.2, 0.25) is 0 Å². The molecule has 1 aliphatic rings. The summed E-state index contributed by atoms with van der Waals surface area (Å²) in [6.45, 7) is 7.42. The van der Waals surface area contributed by atoms with Gasteiger partial charge in [-0.15, -0.1) is 0 Å². The molecule has 0 fully saturated rings. The third-order valence-corrected chi connectivity index (χ3v) is 5.89. The summed E-state index contributed by atoms with van der Waals surface area (Å²) in [6, 6.07) is 11.3. The molecule has 2 aromatic heterocycles. The van der Waals surface area contributed by atoms with Gasteiger partial charge in [0.15, 0.2) is 5.65 Å². The molecule has 5 rings (SSSR count). The number of nitrogens with zero attached hydrogens (tertiary/aromatic N) is 5. The normalized spacial score (nSPS) is 13.1. The van der Waals surface area contributed by atoms with Crippen LogP contribution in [0.1, 0.15) is 31.9 Å². The van der Waals surface area contributed by atoms with Gasteiger partial charge in [-0.25, -0.2) is 13.9 Å². The van der Waals surface area contributed by atoms with E-state index >= 15 is 4.39 Å². The SMILES string of the molecule is CNc1nc(Nc2cc(C)c(F)c3c2N(C(=O)OC(C)(C)C)CC3)nc2c1cnn2-c1ccccc1. The van der Waals surface area contributed by atoms with E-state index in [2.05, 4.69) is 20.7 Å². The van der Waals surface area contributed by atoms with Crippen molar-refractivity contribution >= 4 is 40.3 Å². The first-order valence-corrected chi connectivity index (χ1v) is 11.7. The molecule has 0 saturated heterocycles. The van der Waals surface area contributed by atoms with E-state index in [1.54, 1.807) is 51.7 Å². The Balaban J connectivity index is 1.60. The molecule has 0 spiro atoms. The van der Waals surface area contributed by atoms with Gasteiger partial charge in [-0.05, 0) is 57.9 Å². The third-order valence-electron chi connectivity index (χ3n) is 5.89. The van der Waals surface area contributed by atoms with E-state index in [0.29, 0.717) is 46.9 Å². The Hall–Kier alpha value is -4.21. The molecular formula is C26H28FN7O2. The van der Waals surface area contributed by atoms with Crippen LogP contribution < -0.4 is 15.5 Å². The summed E-state index contributed by atoms with van der Waals surface area (Å²) in [7, 11) is 1.77. The monoisotopic (exact) mass is 489 g/mol. The predicted octanol–water partition coefficient (Wildman–Crippen LogP) is 5.35. The van der Waals surface area contributed by atoms with Gasteiger partial charge in [0.05, 0.1) is 28.6 Å². The quantitative estimate of drug-likeness (QED) is 0.399. The van der Waals surface area contributed by atoms with Crippen molar-refractivity contribution in [2.45, 2.75) is 39.7 Å².